The third-order valence-electron chi connectivity index (χ3n) is 6.57. The molecular weight excluding hydrogens is 306 g/mol. The van der Waals surface area contributed by atoms with Crippen molar-refractivity contribution >= 4 is 11.8 Å². The van der Waals surface area contributed by atoms with Crippen molar-refractivity contribution < 1.29 is 14.3 Å². The van der Waals surface area contributed by atoms with Crippen molar-refractivity contribution in [3.8, 4) is 0 Å². The molecule has 4 aliphatic rings. The van der Waals surface area contributed by atoms with E-state index in [0.717, 1.165) is 58.1 Å². The topological polar surface area (TPSA) is 61.9 Å². The summed E-state index contributed by atoms with van der Waals surface area (Å²) in [6.45, 7) is 5.55. The minimum Gasteiger partial charge on any atom is -0.378 e. The number of hydrogen-bond donors (Lipinski definition) is 1. The van der Waals surface area contributed by atoms with Crippen molar-refractivity contribution in [2.24, 2.45) is 11.3 Å². The summed E-state index contributed by atoms with van der Waals surface area (Å²) in [6, 6.07) is -0.100. The van der Waals surface area contributed by atoms with Crippen molar-refractivity contribution in [1.29, 1.82) is 0 Å². The highest BCUT2D eigenvalue weighted by atomic mass is 16.5. The fourth-order valence-corrected chi connectivity index (χ4v) is 4.61. The first kappa shape index (κ1) is 16.3. The molecule has 1 N–H and O–H groups in total. The van der Waals surface area contributed by atoms with E-state index < -0.39 is 0 Å². The SMILES string of the molecule is O=C1CC2(CCN(C(=O)C3COCCN3CC3CCC3)CC2)CN1. The van der Waals surface area contributed by atoms with Crippen LogP contribution in [0.1, 0.15) is 38.5 Å². The highest BCUT2D eigenvalue weighted by Gasteiger charge is 2.43. The Bertz CT molecular complexity index is 498. The smallest absolute Gasteiger partial charge is 0.242 e. The van der Waals surface area contributed by atoms with Gasteiger partial charge in [0.05, 0.1) is 13.2 Å². The van der Waals surface area contributed by atoms with E-state index in [-0.39, 0.29) is 23.3 Å². The van der Waals surface area contributed by atoms with Gasteiger partial charge < -0.3 is 15.0 Å². The summed E-state index contributed by atoms with van der Waals surface area (Å²) in [5.41, 5.74) is 0.0997. The molecule has 134 valence electrons. The highest BCUT2D eigenvalue weighted by molar-refractivity contribution is 5.82. The van der Waals surface area contributed by atoms with Crippen molar-refractivity contribution in [3.63, 3.8) is 0 Å². The number of carbonyl (C=O) groups excluding carboxylic acids is 2. The van der Waals surface area contributed by atoms with Crippen LogP contribution in [-0.4, -0.2) is 73.6 Å². The normalized spacial score (nSPS) is 31.1. The predicted octanol–water partition coefficient (Wildman–Crippen LogP) is 0.616. The van der Waals surface area contributed by atoms with Crippen LogP contribution in [0.3, 0.4) is 0 Å². The number of amides is 2. The Kier molecular flexibility index (Phi) is 4.52. The maximum atomic E-state index is 13.0. The number of ether oxygens (including phenoxy) is 1. The van der Waals surface area contributed by atoms with E-state index in [4.69, 9.17) is 4.74 Å². The lowest BCUT2D eigenvalue weighted by Crippen LogP contribution is -2.57. The zero-order valence-corrected chi connectivity index (χ0v) is 14.5. The largest absolute Gasteiger partial charge is 0.378 e. The summed E-state index contributed by atoms with van der Waals surface area (Å²) in [6.07, 6.45) is 6.47. The van der Waals surface area contributed by atoms with Gasteiger partial charge in [-0.3, -0.25) is 14.5 Å². The summed E-state index contributed by atoms with van der Waals surface area (Å²) in [4.78, 5) is 29.0. The van der Waals surface area contributed by atoms with Crippen molar-refractivity contribution in [3.05, 3.63) is 0 Å². The van der Waals surface area contributed by atoms with E-state index in [2.05, 4.69) is 10.2 Å². The molecule has 3 heterocycles. The zero-order valence-electron chi connectivity index (χ0n) is 14.5. The second-order valence-corrected chi connectivity index (χ2v) is 8.16. The lowest BCUT2D eigenvalue weighted by atomic mass is 9.77. The van der Waals surface area contributed by atoms with E-state index in [0.29, 0.717) is 13.0 Å². The Morgan fingerprint density at radius 1 is 1.25 bits per heavy atom. The van der Waals surface area contributed by atoms with Gasteiger partial charge in [0.1, 0.15) is 6.04 Å². The maximum absolute atomic E-state index is 13.0. The minimum absolute atomic E-state index is 0.0997. The Labute approximate surface area is 143 Å². The van der Waals surface area contributed by atoms with Gasteiger partial charge in [-0.2, -0.15) is 0 Å². The van der Waals surface area contributed by atoms with Gasteiger partial charge in [0.2, 0.25) is 11.8 Å². The molecule has 1 saturated carbocycles. The summed E-state index contributed by atoms with van der Waals surface area (Å²) < 4.78 is 5.62. The number of nitrogens with zero attached hydrogens (tertiary/aromatic N) is 2. The number of morpholine rings is 1. The minimum atomic E-state index is -0.100. The molecule has 4 fully saturated rings. The van der Waals surface area contributed by atoms with Crippen LogP contribution in [0.2, 0.25) is 0 Å². The first-order valence-corrected chi connectivity index (χ1v) is 9.53. The molecule has 0 aromatic rings. The van der Waals surface area contributed by atoms with E-state index >= 15 is 0 Å². The maximum Gasteiger partial charge on any atom is 0.242 e. The molecule has 1 unspecified atom stereocenters. The molecule has 0 aromatic heterocycles. The zero-order chi connectivity index (χ0) is 16.6. The lowest BCUT2D eigenvalue weighted by Gasteiger charge is -2.43. The first-order chi connectivity index (χ1) is 11.7. The number of rotatable bonds is 3. The average Bonchev–Trinajstić information content (AvgIpc) is 2.92. The second-order valence-electron chi connectivity index (χ2n) is 8.16. The average molecular weight is 335 g/mol. The van der Waals surface area contributed by atoms with Gasteiger partial charge in [0.15, 0.2) is 0 Å². The molecule has 1 aliphatic carbocycles. The van der Waals surface area contributed by atoms with Crippen LogP contribution in [0.5, 0.6) is 0 Å². The van der Waals surface area contributed by atoms with Crippen LogP contribution < -0.4 is 5.32 Å². The van der Waals surface area contributed by atoms with Crippen LogP contribution in [0.15, 0.2) is 0 Å². The molecule has 3 aliphatic heterocycles. The van der Waals surface area contributed by atoms with E-state index in [9.17, 15) is 9.59 Å². The summed E-state index contributed by atoms with van der Waals surface area (Å²) in [5, 5.41) is 2.96. The number of likely N-dealkylation sites (tertiary alicyclic amines) is 1. The van der Waals surface area contributed by atoms with Gasteiger partial charge in [-0.15, -0.1) is 0 Å². The van der Waals surface area contributed by atoms with Gasteiger partial charge in [-0.1, -0.05) is 6.42 Å². The van der Waals surface area contributed by atoms with Gasteiger partial charge in [-0.05, 0) is 37.0 Å². The van der Waals surface area contributed by atoms with Crippen LogP contribution in [0.4, 0.5) is 0 Å². The van der Waals surface area contributed by atoms with Gasteiger partial charge in [-0.25, -0.2) is 0 Å². The second kappa shape index (κ2) is 6.64. The molecule has 6 nitrogen and oxygen atoms in total. The molecule has 24 heavy (non-hydrogen) atoms. The molecular formula is C18H29N3O3. The molecule has 6 heteroatoms. The van der Waals surface area contributed by atoms with Crippen LogP contribution in [-0.2, 0) is 14.3 Å². The number of carbonyl (C=O) groups is 2. The number of hydrogen-bond acceptors (Lipinski definition) is 4. The van der Waals surface area contributed by atoms with Crippen LogP contribution in [0.25, 0.3) is 0 Å². The molecule has 1 atom stereocenters. The molecule has 2 amide bonds. The Hall–Kier alpha value is -1.14. The van der Waals surface area contributed by atoms with E-state index in [1.165, 1.54) is 19.3 Å². The number of nitrogens with one attached hydrogen (secondary N) is 1. The van der Waals surface area contributed by atoms with Crippen molar-refractivity contribution in [2.45, 2.75) is 44.6 Å². The lowest BCUT2D eigenvalue weighted by molar-refractivity contribution is -0.146. The third-order valence-corrected chi connectivity index (χ3v) is 6.57. The Morgan fingerprint density at radius 2 is 2.04 bits per heavy atom. The monoisotopic (exact) mass is 335 g/mol. The third kappa shape index (κ3) is 3.18. The molecule has 4 rings (SSSR count). The van der Waals surface area contributed by atoms with Gasteiger partial charge >= 0.3 is 0 Å². The summed E-state index contributed by atoms with van der Waals surface area (Å²) in [7, 11) is 0. The van der Waals surface area contributed by atoms with E-state index in [1.807, 2.05) is 4.90 Å². The van der Waals surface area contributed by atoms with Gasteiger partial charge in [0.25, 0.3) is 0 Å². The summed E-state index contributed by atoms with van der Waals surface area (Å²) in [5.74, 6) is 1.18. The molecule has 0 radical (unpaired) electrons. The van der Waals surface area contributed by atoms with E-state index in [1.54, 1.807) is 0 Å². The fourth-order valence-electron chi connectivity index (χ4n) is 4.61. The van der Waals surface area contributed by atoms with Crippen molar-refractivity contribution in [2.75, 3.05) is 45.9 Å². The van der Waals surface area contributed by atoms with Gasteiger partial charge in [0, 0.05) is 39.1 Å². The van der Waals surface area contributed by atoms with Crippen LogP contribution in [0, 0.1) is 11.3 Å². The fraction of sp³-hybridized carbons (Fsp3) is 0.889. The molecule has 0 bridgehead atoms. The highest BCUT2D eigenvalue weighted by Crippen LogP contribution is 2.37. The summed E-state index contributed by atoms with van der Waals surface area (Å²) >= 11 is 0. The first-order valence-electron chi connectivity index (χ1n) is 9.53. The molecule has 3 saturated heterocycles. The Morgan fingerprint density at radius 3 is 2.67 bits per heavy atom. The quantitative estimate of drug-likeness (QED) is 0.821. The molecule has 0 aromatic carbocycles. The standard InChI is InChI=1S/C18H29N3O3/c22-16-10-18(13-19-16)4-6-20(7-5-18)17(23)15-12-24-9-8-21(15)11-14-2-1-3-14/h14-15H,1-13H2,(H,19,22). The number of piperidine rings is 1. The Balaban J connectivity index is 1.35. The van der Waals surface area contributed by atoms with Crippen LogP contribution >= 0.6 is 0 Å². The molecule has 1 spiro atoms. The predicted molar refractivity (Wildman–Crippen MR) is 89.4 cm³/mol. The van der Waals surface area contributed by atoms with Crippen molar-refractivity contribution in [1.82, 2.24) is 15.1 Å².